The van der Waals surface area contributed by atoms with Crippen LogP contribution in [0.2, 0.25) is 0 Å². The Morgan fingerprint density at radius 1 is 1.33 bits per heavy atom. The number of aromatic nitrogens is 1. The Bertz CT molecular complexity index is 560. The van der Waals surface area contributed by atoms with E-state index in [1.165, 1.54) is 16.7 Å². The number of aliphatic imine (C=N–C) groups is 1. The summed E-state index contributed by atoms with van der Waals surface area (Å²) in [5, 5.41) is 0. The third-order valence-electron chi connectivity index (χ3n) is 2.99. The molecule has 0 atom stereocenters. The summed E-state index contributed by atoms with van der Waals surface area (Å²) in [6, 6.07) is 4.07. The highest BCUT2D eigenvalue weighted by Gasteiger charge is 2.10. The van der Waals surface area contributed by atoms with E-state index in [0.29, 0.717) is 0 Å². The molecule has 0 unspecified atom stereocenters. The molecule has 0 fully saturated rings. The van der Waals surface area contributed by atoms with Gasteiger partial charge in [-0.2, -0.15) is 0 Å². The van der Waals surface area contributed by atoms with Crippen LogP contribution in [0.1, 0.15) is 25.1 Å². The van der Waals surface area contributed by atoms with Crippen LogP contribution in [-0.4, -0.2) is 17.2 Å². The largest absolute Gasteiger partial charge is 0.285 e. The Balaban J connectivity index is 2.46. The number of hydrogen-bond donors (Lipinski definition) is 0. The zero-order valence-electron chi connectivity index (χ0n) is 11.1. The fourth-order valence-electron chi connectivity index (χ4n) is 2.05. The van der Waals surface area contributed by atoms with Gasteiger partial charge in [0.15, 0.2) is 0 Å². The van der Waals surface area contributed by atoms with Crippen LogP contribution in [0.4, 0.5) is 0 Å². The van der Waals surface area contributed by atoms with Gasteiger partial charge in [0.25, 0.3) is 0 Å². The summed E-state index contributed by atoms with van der Waals surface area (Å²) in [5.74, 6) is 0. The minimum absolute atomic E-state index is 0.802. The molecule has 1 aromatic heterocycles. The van der Waals surface area contributed by atoms with E-state index in [1.807, 2.05) is 26.1 Å². The maximum absolute atomic E-state index is 4.54. The molecule has 2 nitrogen and oxygen atoms in total. The van der Waals surface area contributed by atoms with Crippen molar-refractivity contribution in [1.29, 1.82) is 0 Å². The molecular weight excluding hydrogens is 220 g/mol. The van der Waals surface area contributed by atoms with Gasteiger partial charge in [-0.3, -0.25) is 9.98 Å². The minimum atomic E-state index is 0.802. The second kappa shape index (κ2) is 5.58. The average Bonchev–Trinajstić information content (AvgIpc) is 2.40. The molecule has 1 aromatic rings. The van der Waals surface area contributed by atoms with Gasteiger partial charge in [0.1, 0.15) is 0 Å². The van der Waals surface area contributed by atoms with E-state index >= 15 is 0 Å². The van der Waals surface area contributed by atoms with Crippen LogP contribution in [-0.2, 0) is 0 Å². The summed E-state index contributed by atoms with van der Waals surface area (Å²) in [6.45, 7) is 6.93. The van der Waals surface area contributed by atoms with E-state index < -0.39 is 0 Å². The lowest BCUT2D eigenvalue weighted by atomic mass is 9.94. The summed E-state index contributed by atoms with van der Waals surface area (Å²) in [6.07, 6.45) is 10.3. The van der Waals surface area contributed by atoms with Gasteiger partial charge < -0.3 is 0 Å². The van der Waals surface area contributed by atoms with Crippen LogP contribution in [0.3, 0.4) is 0 Å². The number of aryl methyl sites for hydroxylation is 1. The first-order valence-electron chi connectivity index (χ1n) is 6.29. The molecule has 0 saturated carbocycles. The molecule has 0 radical (unpaired) electrons. The van der Waals surface area contributed by atoms with Crippen LogP contribution < -0.4 is 0 Å². The van der Waals surface area contributed by atoms with Crippen molar-refractivity contribution < 1.29 is 0 Å². The Morgan fingerprint density at radius 3 is 2.83 bits per heavy atom. The van der Waals surface area contributed by atoms with Crippen LogP contribution in [0.15, 0.2) is 53.2 Å². The molecule has 0 aromatic carbocycles. The molecule has 2 heteroatoms. The molecule has 0 saturated heterocycles. The molecule has 0 N–H and O–H groups in total. The number of hydrogen-bond acceptors (Lipinski definition) is 2. The van der Waals surface area contributed by atoms with Gasteiger partial charge in [-0.25, -0.2) is 0 Å². The van der Waals surface area contributed by atoms with Gasteiger partial charge in [0.2, 0.25) is 0 Å². The zero-order chi connectivity index (χ0) is 13.0. The lowest BCUT2D eigenvalue weighted by Gasteiger charge is -2.13. The summed E-state index contributed by atoms with van der Waals surface area (Å²) in [5.41, 5.74) is 5.64. The monoisotopic (exact) mass is 238 g/mol. The van der Waals surface area contributed by atoms with E-state index in [-0.39, 0.29) is 0 Å². The average molecular weight is 238 g/mol. The lowest BCUT2D eigenvalue weighted by molar-refractivity contribution is 1.13. The Labute approximate surface area is 108 Å². The van der Waals surface area contributed by atoms with Gasteiger partial charge in [-0.05, 0) is 44.1 Å². The van der Waals surface area contributed by atoms with Crippen LogP contribution in [0.5, 0.6) is 0 Å². The van der Waals surface area contributed by atoms with Crippen LogP contribution in [0.25, 0.3) is 5.57 Å². The fourth-order valence-corrected chi connectivity index (χ4v) is 2.05. The van der Waals surface area contributed by atoms with Crippen molar-refractivity contribution in [3.05, 3.63) is 59.5 Å². The number of pyridine rings is 1. The molecule has 0 aliphatic heterocycles. The van der Waals surface area contributed by atoms with Crippen molar-refractivity contribution in [3.8, 4) is 0 Å². The van der Waals surface area contributed by atoms with Gasteiger partial charge >= 0.3 is 0 Å². The van der Waals surface area contributed by atoms with Crippen LogP contribution >= 0.6 is 0 Å². The third kappa shape index (κ3) is 2.48. The zero-order valence-corrected chi connectivity index (χ0v) is 11.1. The maximum Gasteiger partial charge on any atom is 0.0649 e. The highest BCUT2D eigenvalue weighted by atomic mass is 14.7. The number of rotatable bonds is 2. The van der Waals surface area contributed by atoms with Gasteiger partial charge in [0, 0.05) is 24.0 Å². The van der Waals surface area contributed by atoms with Crippen molar-refractivity contribution in [1.82, 2.24) is 4.98 Å². The van der Waals surface area contributed by atoms with E-state index in [1.54, 1.807) is 0 Å². The normalized spacial score (nSPS) is 19.4. The highest BCUT2D eigenvalue weighted by molar-refractivity contribution is 6.16. The molecule has 2 rings (SSSR count). The molecule has 18 heavy (non-hydrogen) atoms. The van der Waals surface area contributed by atoms with Crippen LogP contribution in [0, 0.1) is 6.92 Å². The van der Waals surface area contributed by atoms with Gasteiger partial charge in [-0.1, -0.05) is 24.3 Å². The molecule has 1 aliphatic rings. The summed E-state index contributed by atoms with van der Waals surface area (Å²) in [7, 11) is 0. The quantitative estimate of drug-likeness (QED) is 0.770. The SMILES string of the molecule is C/C=C1/C=CC(c2cccnc2C)=CC1=NCC. The second-order valence-corrected chi connectivity index (χ2v) is 4.17. The van der Waals surface area contributed by atoms with Crippen molar-refractivity contribution >= 4 is 11.3 Å². The van der Waals surface area contributed by atoms with Crippen molar-refractivity contribution in [3.63, 3.8) is 0 Å². The minimum Gasteiger partial charge on any atom is -0.285 e. The Morgan fingerprint density at radius 2 is 2.17 bits per heavy atom. The Kier molecular flexibility index (Phi) is 3.88. The predicted molar refractivity (Wildman–Crippen MR) is 77.8 cm³/mol. The molecule has 0 spiro atoms. The van der Waals surface area contributed by atoms with E-state index in [9.17, 15) is 0 Å². The first-order chi connectivity index (χ1) is 8.76. The highest BCUT2D eigenvalue weighted by Crippen LogP contribution is 2.24. The molecule has 1 aliphatic carbocycles. The van der Waals surface area contributed by atoms with Crippen molar-refractivity contribution in [2.75, 3.05) is 6.54 Å². The van der Waals surface area contributed by atoms with Crippen molar-refractivity contribution in [2.24, 2.45) is 4.99 Å². The second-order valence-electron chi connectivity index (χ2n) is 4.17. The van der Waals surface area contributed by atoms with E-state index in [2.05, 4.69) is 47.3 Å². The Hall–Kier alpha value is -1.96. The topological polar surface area (TPSA) is 25.2 Å². The number of allylic oxidation sites excluding steroid dienone is 6. The summed E-state index contributed by atoms with van der Waals surface area (Å²) >= 11 is 0. The maximum atomic E-state index is 4.54. The molecule has 0 amide bonds. The lowest BCUT2D eigenvalue weighted by Crippen LogP contribution is -2.04. The standard InChI is InChI=1S/C16H18N2/c1-4-13-8-9-14(11-16(13)17-5-2)15-7-6-10-18-12(15)3/h4,6-11H,5H2,1-3H3/b13-4-,17-16?. The number of nitrogens with zero attached hydrogens (tertiary/aromatic N) is 2. The van der Waals surface area contributed by atoms with Gasteiger partial charge in [0.05, 0.1) is 5.71 Å². The third-order valence-corrected chi connectivity index (χ3v) is 2.99. The van der Waals surface area contributed by atoms with Gasteiger partial charge in [-0.15, -0.1) is 0 Å². The molecular formula is C16H18N2. The molecule has 0 bridgehead atoms. The van der Waals surface area contributed by atoms with Crippen molar-refractivity contribution in [2.45, 2.75) is 20.8 Å². The smallest absolute Gasteiger partial charge is 0.0649 e. The fraction of sp³-hybridized carbons (Fsp3) is 0.250. The predicted octanol–water partition coefficient (Wildman–Crippen LogP) is 3.75. The first-order valence-corrected chi connectivity index (χ1v) is 6.29. The van der Waals surface area contributed by atoms with E-state index in [0.717, 1.165) is 18.0 Å². The first kappa shape index (κ1) is 12.5. The summed E-state index contributed by atoms with van der Waals surface area (Å²) < 4.78 is 0. The van der Waals surface area contributed by atoms with E-state index in [4.69, 9.17) is 0 Å². The molecule has 1 heterocycles. The molecule has 92 valence electrons. The summed E-state index contributed by atoms with van der Waals surface area (Å²) in [4.78, 5) is 8.88.